The van der Waals surface area contributed by atoms with Gasteiger partial charge in [-0.2, -0.15) is 0 Å². The topological polar surface area (TPSA) is 61.4 Å². The molecule has 0 bridgehead atoms. The highest BCUT2D eigenvalue weighted by atomic mass is 15.1. The van der Waals surface area contributed by atoms with Gasteiger partial charge in [0.2, 0.25) is 0 Å². The van der Waals surface area contributed by atoms with Crippen molar-refractivity contribution < 1.29 is 0 Å². The summed E-state index contributed by atoms with van der Waals surface area (Å²) in [5.74, 6) is 2.66. The van der Waals surface area contributed by atoms with Crippen molar-refractivity contribution in [1.82, 2.24) is 29.1 Å². The summed E-state index contributed by atoms with van der Waals surface area (Å²) in [6.07, 6.45) is 5.33. The maximum atomic E-state index is 5.09. The van der Waals surface area contributed by atoms with Crippen molar-refractivity contribution in [2.75, 3.05) is 0 Å². The summed E-state index contributed by atoms with van der Waals surface area (Å²) in [6, 6.07) is 55.4. The van der Waals surface area contributed by atoms with Gasteiger partial charge in [-0.3, -0.25) is 4.57 Å². The molecule has 4 aromatic heterocycles. The standard InChI is InChI=1S/C48H36N6/c1-2-3-15-32-16-14-21-36(28-32)53-41-24-12-10-22-37(41)39-30-44-40(29-43(39)53)38-23-11-13-25-42(38)54(44)45-27-26-35(31-49-45)48-51-46(33-17-6-4-7-18-33)50-47(52-48)34-19-8-5-9-20-34/h4-14,16-31H,2-3,15H2,1H3. The molecule has 258 valence electrons. The van der Waals surface area contributed by atoms with Crippen LogP contribution in [-0.2, 0) is 6.42 Å². The van der Waals surface area contributed by atoms with Crippen LogP contribution in [0.5, 0.6) is 0 Å². The predicted octanol–water partition coefficient (Wildman–Crippen LogP) is 11.8. The van der Waals surface area contributed by atoms with Crippen LogP contribution in [0.1, 0.15) is 25.3 Å². The number of rotatable bonds is 8. The largest absolute Gasteiger partial charge is 0.309 e. The third kappa shape index (κ3) is 5.42. The van der Waals surface area contributed by atoms with E-state index in [0.717, 1.165) is 40.0 Å². The Balaban J connectivity index is 1.14. The van der Waals surface area contributed by atoms with E-state index in [-0.39, 0.29) is 0 Å². The van der Waals surface area contributed by atoms with Crippen LogP contribution < -0.4 is 0 Å². The number of fused-ring (bicyclic) bond motifs is 6. The fraction of sp³-hybridized carbons (Fsp3) is 0.0833. The number of nitrogens with zero attached hydrogens (tertiary/aromatic N) is 6. The highest BCUT2D eigenvalue weighted by Gasteiger charge is 2.19. The summed E-state index contributed by atoms with van der Waals surface area (Å²) in [4.78, 5) is 19.8. The summed E-state index contributed by atoms with van der Waals surface area (Å²) >= 11 is 0. The minimum absolute atomic E-state index is 0.581. The number of benzene rings is 6. The van der Waals surface area contributed by atoms with Gasteiger partial charge in [-0.05, 0) is 66.9 Å². The van der Waals surface area contributed by atoms with Crippen molar-refractivity contribution in [1.29, 1.82) is 0 Å². The molecule has 0 aliphatic rings. The van der Waals surface area contributed by atoms with Crippen LogP contribution in [0, 0.1) is 0 Å². The van der Waals surface area contributed by atoms with E-state index < -0.39 is 0 Å². The summed E-state index contributed by atoms with van der Waals surface area (Å²) in [6.45, 7) is 2.25. The van der Waals surface area contributed by atoms with Crippen LogP contribution in [0.2, 0.25) is 0 Å². The zero-order valence-electron chi connectivity index (χ0n) is 29.9. The monoisotopic (exact) mass is 696 g/mol. The Bertz CT molecular complexity index is 2900. The van der Waals surface area contributed by atoms with Crippen molar-refractivity contribution in [3.8, 4) is 45.7 Å². The van der Waals surface area contributed by atoms with Crippen molar-refractivity contribution in [3.63, 3.8) is 0 Å². The number of hydrogen-bond acceptors (Lipinski definition) is 4. The lowest BCUT2D eigenvalue weighted by Crippen LogP contribution is -2.01. The first kappa shape index (κ1) is 31.8. The molecule has 0 amide bonds. The van der Waals surface area contributed by atoms with Gasteiger partial charge >= 0.3 is 0 Å². The Hall–Kier alpha value is -6.92. The highest BCUT2D eigenvalue weighted by molar-refractivity contribution is 6.19. The first-order valence-corrected chi connectivity index (χ1v) is 18.6. The quantitative estimate of drug-likeness (QED) is 0.159. The van der Waals surface area contributed by atoms with Crippen molar-refractivity contribution in [3.05, 3.63) is 169 Å². The highest BCUT2D eigenvalue weighted by Crippen LogP contribution is 2.39. The number of pyridine rings is 1. The van der Waals surface area contributed by atoms with Gasteiger partial charge in [-0.1, -0.05) is 123 Å². The number of hydrogen-bond donors (Lipinski definition) is 0. The molecule has 0 aliphatic carbocycles. The van der Waals surface area contributed by atoms with Crippen LogP contribution in [0.4, 0.5) is 0 Å². The van der Waals surface area contributed by atoms with Crippen LogP contribution in [0.3, 0.4) is 0 Å². The Morgan fingerprint density at radius 2 is 1.00 bits per heavy atom. The lowest BCUT2D eigenvalue weighted by molar-refractivity contribution is 0.794. The molecule has 6 aromatic carbocycles. The third-order valence-corrected chi connectivity index (χ3v) is 10.4. The molecule has 6 nitrogen and oxygen atoms in total. The fourth-order valence-electron chi connectivity index (χ4n) is 7.78. The molecule has 10 aromatic rings. The van der Waals surface area contributed by atoms with Crippen LogP contribution >= 0.6 is 0 Å². The third-order valence-electron chi connectivity index (χ3n) is 10.4. The van der Waals surface area contributed by atoms with Gasteiger partial charge in [0, 0.05) is 50.1 Å². The van der Waals surface area contributed by atoms with Gasteiger partial charge in [-0.15, -0.1) is 0 Å². The minimum atomic E-state index is 0.581. The van der Waals surface area contributed by atoms with Gasteiger partial charge in [-0.25, -0.2) is 19.9 Å². The molecule has 54 heavy (non-hydrogen) atoms. The lowest BCUT2D eigenvalue weighted by atomic mass is 10.1. The Labute approximate surface area is 313 Å². The molecule has 0 atom stereocenters. The zero-order chi connectivity index (χ0) is 36.0. The molecule has 0 fully saturated rings. The van der Waals surface area contributed by atoms with E-state index in [1.54, 1.807) is 0 Å². The molecule has 6 heteroatoms. The molecule has 0 radical (unpaired) electrons. The SMILES string of the molecule is CCCCc1cccc(-n2c3ccccc3c3cc4c(cc32)c2ccccc2n4-c2ccc(-c3nc(-c4ccccc4)nc(-c4ccccc4)n3)cn2)c1. The van der Waals surface area contributed by atoms with Gasteiger partial charge in [0.15, 0.2) is 17.5 Å². The molecule has 4 heterocycles. The first-order valence-electron chi connectivity index (χ1n) is 18.6. The summed E-state index contributed by atoms with van der Waals surface area (Å²) in [5.41, 5.74) is 9.88. The number of aryl methyl sites for hydroxylation is 1. The molecule has 0 unspecified atom stereocenters. The second-order valence-electron chi connectivity index (χ2n) is 13.8. The lowest BCUT2D eigenvalue weighted by Gasteiger charge is -2.11. The average molecular weight is 697 g/mol. The molecular formula is C48H36N6. The van der Waals surface area contributed by atoms with Crippen molar-refractivity contribution in [2.24, 2.45) is 0 Å². The number of aromatic nitrogens is 6. The Kier molecular flexibility index (Phi) is 7.80. The summed E-state index contributed by atoms with van der Waals surface area (Å²) in [7, 11) is 0. The van der Waals surface area contributed by atoms with Crippen molar-refractivity contribution >= 4 is 43.6 Å². The van der Waals surface area contributed by atoms with E-state index in [1.807, 2.05) is 66.9 Å². The van der Waals surface area contributed by atoms with E-state index in [4.69, 9.17) is 19.9 Å². The predicted molar refractivity (Wildman–Crippen MR) is 221 cm³/mol. The first-order chi connectivity index (χ1) is 26.7. The molecule has 0 spiro atoms. The molecular weight excluding hydrogens is 661 g/mol. The average Bonchev–Trinajstić information content (AvgIpc) is 3.74. The fourth-order valence-corrected chi connectivity index (χ4v) is 7.78. The maximum Gasteiger partial charge on any atom is 0.165 e. The van der Waals surface area contributed by atoms with Gasteiger partial charge in [0.1, 0.15) is 5.82 Å². The van der Waals surface area contributed by atoms with Gasteiger partial charge in [0.25, 0.3) is 0 Å². The minimum Gasteiger partial charge on any atom is -0.309 e. The molecule has 0 saturated carbocycles. The zero-order valence-corrected chi connectivity index (χ0v) is 29.9. The number of unbranched alkanes of at least 4 members (excludes halogenated alkanes) is 1. The normalized spacial score (nSPS) is 11.6. The molecule has 0 aliphatic heterocycles. The van der Waals surface area contributed by atoms with Gasteiger partial charge in [0.05, 0.1) is 22.1 Å². The van der Waals surface area contributed by atoms with Crippen LogP contribution in [0.25, 0.3) is 89.3 Å². The van der Waals surface area contributed by atoms with E-state index in [9.17, 15) is 0 Å². The molecule has 10 rings (SSSR count). The second-order valence-corrected chi connectivity index (χ2v) is 13.8. The smallest absolute Gasteiger partial charge is 0.165 e. The Morgan fingerprint density at radius 1 is 0.444 bits per heavy atom. The second kappa shape index (κ2) is 13.2. The van der Waals surface area contributed by atoms with E-state index >= 15 is 0 Å². The summed E-state index contributed by atoms with van der Waals surface area (Å²) < 4.78 is 4.71. The van der Waals surface area contributed by atoms with E-state index in [0.29, 0.717) is 17.5 Å². The van der Waals surface area contributed by atoms with E-state index in [2.05, 4.69) is 113 Å². The Morgan fingerprint density at radius 3 is 1.59 bits per heavy atom. The maximum absolute atomic E-state index is 5.09. The van der Waals surface area contributed by atoms with Crippen molar-refractivity contribution in [2.45, 2.75) is 26.2 Å². The molecule has 0 N–H and O–H groups in total. The van der Waals surface area contributed by atoms with Gasteiger partial charge < -0.3 is 4.57 Å². The van der Waals surface area contributed by atoms with E-state index in [1.165, 1.54) is 56.7 Å². The van der Waals surface area contributed by atoms with Crippen LogP contribution in [-0.4, -0.2) is 29.1 Å². The molecule has 0 saturated heterocycles. The number of para-hydroxylation sites is 2. The van der Waals surface area contributed by atoms with Crippen LogP contribution in [0.15, 0.2) is 164 Å². The summed E-state index contributed by atoms with van der Waals surface area (Å²) in [5, 5.41) is 4.82.